The number of ketones is 1. The number of hydrogen-bond donors (Lipinski definition) is 0. The van der Waals surface area contributed by atoms with E-state index in [9.17, 15) is 4.79 Å². The van der Waals surface area contributed by atoms with E-state index in [0.29, 0.717) is 11.2 Å². The van der Waals surface area contributed by atoms with Crippen molar-refractivity contribution in [3.63, 3.8) is 0 Å². The highest BCUT2D eigenvalue weighted by molar-refractivity contribution is 5.82. The standard InChI is InChI=1S/C10H16O/c1-10-5-3-2-4-8(10)6-9(11)7-10/h8H,2-7H2,1H3/t8-,10+/m0/s1. The second kappa shape index (κ2) is 2.33. The fourth-order valence-electron chi connectivity index (χ4n) is 2.85. The van der Waals surface area contributed by atoms with Gasteiger partial charge >= 0.3 is 0 Å². The fraction of sp³-hybridized carbons (Fsp3) is 0.900. The van der Waals surface area contributed by atoms with Crippen molar-refractivity contribution in [3.05, 3.63) is 0 Å². The van der Waals surface area contributed by atoms with Crippen LogP contribution in [-0.4, -0.2) is 5.78 Å². The maximum atomic E-state index is 11.2. The van der Waals surface area contributed by atoms with Crippen molar-refractivity contribution >= 4 is 5.78 Å². The van der Waals surface area contributed by atoms with Gasteiger partial charge in [-0.3, -0.25) is 4.79 Å². The molecular weight excluding hydrogens is 136 g/mol. The summed E-state index contributed by atoms with van der Waals surface area (Å²) in [5.74, 6) is 1.25. The molecule has 2 aliphatic carbocycles. The van der Waals surface area contributed by atoms with E-state index in [-0.39, 0.29) is 0 Å². The quantitative estimate of drug-likeness (QED) is 0.521. The first kappa shape index (κ1) is 7.33. The fourth-order valence-corrected chi connectivity index (χ4v) is 2.85. The molecule has 0 amide bonds. The summed E-state index contributed by atoms with van der Waals surface area (Å²) >= 11 is 0. The summed E-state index contributed by atoms with van der Waals surface area (Å²) in [5.41, 5.74) is 0.412. The van der Waals surface area contributed by atoms with Crippen molar-refractivity contribution in [3.8, 4) is 0 Å². The van der Waals surface area contributed by atoms with Crippen LogP contribution in [0.15, 0.2) is 0 Å². The molecule has 2 saturated carbocycles. The Morgan fingerprint density at radius 1 is 1.45 bits per heavy atom. The minimum Gasteiger partial charge on any atom is -0.300 e. The van der Waals surface area contributed by atoms with E-state index < -0.39 is 0 Å². The SMILES string of the molecule is C[C@]12CCCC[C@H]1CC(=O)C2. The molecule has 2 atom stereocenters. The third-order valence-electron chi connectivity index (χ3n) is 3.61. The molecule has 0 radical (unpaired) electrons. The normalized spacial score (nSPS) is 44.1. The monoisotopic (exact) mass is 152 g/mol. The molecule has 0 aromatic rings. The lowest BCUT2D eigenvalue weighted by Crippen LogP contribution is -2.25. The zero-order valence-corrected chi connectivity index (χ0v) is 7.23. The minimum atomic E-state index is 0.412. The van der Waals surface area contributed by atoms with Gasteiger partial charge in [0.2, 0.25) is 0 Å². The van der Waals surface area contributed by atoms with E-state index in [1.165, 1.54) is 25.7 Å². The Morgan fingerprint density at radius 3 is 3.00 bits per heavy atom. The number of hydrogen-bond acceptors (Lipinski definition) is 1. The van der Waals surface area contributed by atoms with Crippen molar-refractivity contribution in [1.82, 2.24) is 0 Å². The average molecular weight is 152 g/mol. The lowest BCUT2D eigenvalue weighted by molar-refractivity contribution is -0.118. The van der Waals surface area contributed by atoms with Crippen molar-refractivity contribution in [2.75, 3.05) is 0 Å². The van der Waals surface area contributed by atoms with Crippen LogP contribution in [0, 0.1) is 11.3 Å². The Bertz CT molecular complexity index is 185. The second-order valence-corrected chi connectivity index (χ2v) is 4.52. The number of rotatable bonds is 0. The first-order valence-electron chi connectivity index (χ1n) is 4.72. The molecule has 1 heteroatoms. The van der Waals surface area contributed by atoms with Gasteiger partial charge in [0.05, 0.1) is 0 Å². The van der Waals surface area contributed by atoms with Crippen LogP contribution in [0.1, 0.15) is 45.4 Å². The molecule has 0 bridgehead atoms. The molecule has 0 aromatic carbocycles. The molecule has 0 heterocycles. The van der Waals surface area contributed by atoms with Gasteiger partial charge in [0.15, 0.2) is 0 Å². The van der Waals surface area contributed by atoms with Crippen molar-refractivity contribution in [2.45, 2.75) is 45.4 Å². The molecule has 0 N–H and O–H groups in total. The molecule has 0 spiro atoms. The Hall–Kier alpha value is -0.330. The van der Waals surface area contributed by atoms with E-state index in [0.717, 1.165) is 18.8 Å². The Morgan fingerprint density at radius 2 is 2.27 bits per heavy atom. The summed E-state index contributed by atoms with van der Waals surface area (Å²) in [6.07, 6.45) is 7.06. The van der Waals surface area contributed by atoms with Gasteiger partial charge in [0, 0.05) is 12.8 Å². The third-order valence-corrected chi connectivity index (χ3v) is 3.61. The molecule has 0 aliphatic heterocycles. The van der Waals surface area contributed by atoms with Crippen LogP contribution >= 0.6 is 0 Å². The number of carbonyl (C=O) groups is 1. The maximum absolute atomic E-state index is 11.2. The molecule has 62 valence electrons. The molecule has 0 aromatic heterocycles. The Labute approximate surface area is 68.2 Å². The van der Waals surface area contributed by atoms with Crippen molar-refractivity contribution in [1.29, 1.82) is 0 Å². The van der Waals surface area contributed by atoms with E-state index in [1.807, 2.05) is 0 Å². The van der Waals surface area contributed by atoms with Gasteiger partial charge < -0.3 is 0 Å². The molecule has 0 saturated heterocycles. The highest BCUT2D eigenvalue weighted by Crippen LogP contribution is 2.50. The molecule has 2 aliphatic rings. The summed E-state index contributed by atoms with van der Waals surface area (Å²) in [6, 6.07) is 0. The van der Waals surface area contributed by atoms with Crippen LogP contribution < -0.4 is 0 Å². The van der Waals surface area contributed by atoms with Gasteiger partial charge in [0.25, 0.3) is 0 Å². The first-order valence-corrected chi connectivity index (χ1v) is 4.72. The van der Waals surface area contributed by atoms with Crippen LogP contribution in [0.25, 0.3) is 0 Å². The molecule has 2 rings (SSSR count). The van der Waals surface area contributed by atoms with E-state index in [2.05, 4.69) is 6.92 Å². The summed E-state index contributed by atoms with van der Waals surface area (Å²) in [7, 11) is 0. The largest absolute Gasteiger partial charge is 0.300 e. The van der Waals surface area contributed by atoms with Gasteiger partial charge in [-0.05, 0) is 24.2 Å². The predicted molar refractivity (Wildman–Crippen MR) is 44.3 cm³/mol. The van der Waals surface area contributed by atoms with E-state index in [1.54, 1.807) is 0 Å². The van der Waals surface area contributed by atoms with Gasteiger partial charge in [-0.2, -0.15) is 0 Å². The first-order chi connectivity index (χ1) is 5.21. The Kier molecular flexibility index (Phi) is 1.55. The van der Waals surface area contributed by atoms with Crippen molar-refractivity contribution in [2.24, 2.45) is 11.3 Å². The van der Waals surface area contributed by atoms with Gasteiger partial charge in [0.1, 0.15) is 5.78 Å². The smallest absolute Gasteiger partial charge is 0.133 e. The number of Topliss-reactive ketones (excluding diaryl/α,β-unsaturated/α-hetero) is 1. The van der Waals surface area contributed by atoms with Gasteiger partial charge in [-0.15, -0.1) is 0 Å². The van der Waals surface area contributed by atoms with Crippen LogP contribution in [0.2, 0.25) is 0 Å². The third kappa shape index (κ3) is 1.11. The van der Waals surface area contributed by atoms with Crippen molar-refractivity contribution < 1.29 is 4.79 Å². The highest BCUT2D eigenvalue weighted by Gasteiger charge is 2.43. The summed E-state index contributed by atoms with van der Waals surface area (Å²) in [5, 5.41) is 0. The number of carbonyl (C=O) groups excluding carboxylic acids is 1. The zero-order valence-electron chi connectivity index (χ0n) is 7.23. The van der Waals surface area contributed by atoms with Crippen LogP contribution in [0.4, 0.5) is 0 Å². The average Bonchev–Trinajstić information content (AvgIpc) is 2.22. The lowest BCUT2D eigenvalue weighted by Gasteiger charge is -2.35. The van der Waals surface area contributed by atoms with Crippen LogP contribution in [-0.2, 0) is 4.79 Å². The molecule has 11 heavy (non-hydrogen) atoms. The highest BCUT2D eigenvalue weighted by atomic mass is 16.1. The summed E-state index contributed by atoms with van der Waals surface area (Å²) < 4.78 is 0. The van der Waals surface area contributed by atoms with Gasteiger partial charge in [-0.1, -0.05) is 19.8 Å². The topological polar surface area (TPSA) is 17.1 Å². The molecular formula is C10H16O. The van der Waals surface area contributed by atoms with Gasteiger partial charge in [-0.25, -0.2) is 0 Å². The van der Waals surface area contributed by atoms with E-state index in [4.69, 9.17) is 0 Å². The molecule has 0 unspecified atom stereocenters. The Balaban J connectivity index is 2.17. The zero-order chi connectivity index (χ0) is 7.90. The molecule has 1 nitrogen and oxygen atoms in total. The van der Waals surface area contributed by atoms with E-state index >= 15 is 0 Å². The second-order valence-electron chi connectivity index (χ2n) is 4.52. The maximum Gasteiger partial charge on any atom is 0.133 e. The summed E-state index contributed by atoms with van der Waals surface area (Å²) in [6.45, 7) is 2.31. The predicted octanol–water partition coefficient (Wildman–Crippen LogP) is 2.55. The van der Waals surface area contributed by atoms with Crippen LogP contribution in [0.5, 0.6) is 0 Å². The molecule has 2 fully saturated rings. The van der Waals surface area contributed by atoms with Crippen LogP contribution in [0.3, 0.4) is 0 Å². The lowest BCUT2D eigenvalue weighted by atomic mass is 9.70. The minimum absolute atomic E-state index is 0.412. The summed E-state index contributed by atoms with van der Waals surface area (Å²) in [4.78, 5) is 11.2. The number of fused-ring (bicyclic) bond motifs is 1.